The summed E-state index contributed by atoms with van der Waals surface area (Å²) in [4.78, 5) is 23.3. The summed E-state index contributed by atoms with van der Waals surface area (Å²) < 4.78 is 0. The van der Waals surface area contributed by atoms with Crippen LogP contribution in [0.25, 0.3) is 0 Å². The largest absolute Gasteiger partial charge is 0.465 e. The molecule has 1 N–H and O–H groups in total. The number of carbonyl (C=O) groups is 1. The fourth-order valence-electron chi connectivity index (χ4n) is 2.87. The molecule has 6 heteroatoms. The lowest BCUT2D eigenvalue weighted by atomic mass is 9.77. The molecule has 0 aromatic heterocycles. The summed E-state index contributed by atoms with van der Waals surface area (Å²) in [5.41, 5.74) is 1.53. The zero-order chi connectivity index (χ0) is 15.1. The number of nitro benzene ring substituents is 1. The first kappa shape index (κ1) is 14.3. The predicted molar refractivity (Wildman–Crippen MR) is 73.7 cm³/mol. The molecule has 1 aliphatic heterocycles. The monoisotopic (exact) mass is 278 g/mol. The van der Waals surface area contributed by atoms with E-state index in [1.54, 1.807) is 12.1 Å². The van der Waals surface area contributed by atoms with Gasteiger partial charge < -0.3 is 10.0 Å². The Morgan fingerprint density at radius 2 is 2.10 bits per heavy atom. The molecule has 1 amide bonds. The van der Waals surface area contributed by atoms with Crippen molar-refractivity contribution >= 4 is 11.8 Å². The molecule has 0 bridgehead atoms. The van der Waals surface area contributed by atoms with Gasteiger partial charge in [0.15, 0.2) is 0 Å². The average molecular weight is 278 g/mol. The highest BCUT2D eigenvalue weighted by Gasteiger charge is 2.39. The van der Waals surface area contributed by atoms with E-state index < -0.39 is 11.0 Å². The summed E-state index contributed by atoms with van der Waals surface area (Å²) in [5.74, 6) is 0. The summed E-state index contributed by atoms with van der Waals surface area (Å²) in [6.07, 6.45) is -0.440. The van der Waals surface area contributed by atoms with Gasteiger partial charge in [-0.15, -0.1) is 0 Å². The Hall–Kier alpha value is -2.11. The molecule has 6 nitrogen and oxygen atoms in total. The molecule has 1 aromatic rings. The maximum atomic E-state index is 11.4. The minimum atomic E-state index is -0.950. The van der Waals surface area contributed by atoms with Crippen LogP contribution in [0.2, 0.25) is 0 Å². The van der Waals surface area contributed by atoms with Crippen molar-refractivity contribution in [3.05, 3.63) is 39.4 Å². The molecule has 0 fully saturated rings. The van der Waals surface area contributed by atoms with Gasteiger partial charge in [0, 0.05) is 18.7 Å². The molecule has 0 spiro atoms. The Kier molecular flexibility index (Phi) is 3.41. The highest BCUT2D eigenvalue weighted by atomic mass is 16.6. The van der Waals surface area contributed by atoms with Crippen LogP contribution >= 0.6 is 0 Å². The first-order valence-corrected chi connectivity index (χ1v) is 6.48. The van der Waals surface area contributed by atoms with Crippen LogP contribution in [0.5, 0.6) is 0 Å². The van der Waals surface area contributed by atoms with Gasteiger partial charge in [-0.3, -0.25) is 10.1 Å². The zero-order valence-corrected chi connectivity index (χ0v) is 11.8. The fourth-order valence-corrected chi connectivity index (χ4v) is 2.87. The van der Waals surface area contributed by atoms with Crippen LogP contribution in [-0.2, 0) is 6.42 Å². The van der Waals surface area contributed by atoms with Crippen molar-refractivity contribution in [2.75, 3.05) is 6.54 Å². The number of fused-ring (bicyclic) bond motifs is 1. The molecular formula is C14H18N2O4. The van der Waals surface area contributed by atoms with Gasteiger partial charge in [-0.2, -0.15) is 0 Å². The summed E-state index contributed by atoms with van der Waals surface area (Å²) in [6.45, 7) is 6.30. The summed E-state index contributed by atoms with van der Waals surface area (Å²) >= 11 is 0. The number of non-ortho nitro benzene ring substituents is 1. The predicted octanol–water partition coefficient (Wildman–Crippen LogP) is 3.22. The first-order chi connectivity index (χ1) is 9.21. The van der Waals surface area contributed by atoms with Crippen molar-refractivity contribution < 1.29 is 14.8 Å². The van der Waals surface area contributed by atoms with Crippen molar-refractivity contribution in [1.82, 2.24) is 4.90 Å². The molecule has 1 aliphatic rings. The van der Waals surface area contributed by atoms with Crippen LogP contribution in [0.1, 0.15) is 37.9 Å². The second-order valence-electron chi connectivity index (χ2n) is 6.13. The zero-order valence-electron chi connectivity index (χ0n) is 11.8. The molecule has 2 rings (SSSR count). The van der Waals surface area contributed by atoms with Crippen molar-refractivity contribution in [2.45, 2.75) is 33.2 Å². The molecule has 0 radical (unpaired) electrons. The topological polar surface area (TPSA) is 83.7 Å². The number of hydrogen-bond donors (Lipinski definition) is 1. The van der Waals surface area contributed by atoms with Crippen molar-refractivity contribution in [3.63, 3.8) is 0 Å². The molecule has 20 heavy (non-hydrogen) atoms. The smallest absolute Gasteiger partial charge is 0.407 e. The Bertz CT molecular complexity index is 563. The average Bonchev–Trinajstić information content (AvgIpc) is 2.35. The van der Waals surface area contributed by atoms with E-state index >= 15 is 0 Å². The van der Waals surface area contributed by atoms with Crippen molar-refractivity contribution in [2.24, 2.45) is 5.41 Å². The number of nitrogens with zero attached hydrogens (tertiary/aromatic N) is 2. The Morgan fingerprint density at radius 1 is 1.45 bits per heavy atom. The first-order valence-electron chi connectivity index (χ1n) is 6.48. The lowest BCUT2D eigenvalue weighted by Crippen LogP contribution is -2.44. The molecule has 0 saturated heterocycles. The standard InChI is InChI=1S/C14H18N2O4/c1-14(2,3)12-11-5-4-10(16(19)20)8-9(11)6-7-15(12)13(17)18/h4-5,8,12H,6-7H2,1-3H3,(H,17,18). The molecular weight excluding hydrogens is 260 g/mol. The van der Waals surface area contributed by atoms with Gasteiger partial charge in [0.2, 0.25) is 0 Å². The van der Waals surface area contributed by atoms with E-state index in [0.29, 0.717) is 13.0 Å². The van der Waals surface area contributed by atoms with Gasteiger partial charge in [0.05, 0.1) is 11.0 Å². The SMILES string of the molecule is CC(C)(C)C1c2ccc([N+](=O)[O-])cc2CCN1C(=O)O. The maximum Gasteiger partial charge on any atom is 0.407 e. The van der Waals surface area contributed by atoms with Crippen LogP contribution < -0.4 is 0 Å². The number of amides is 1. The molecule has 0 aliphatic carbocycles. The van der Waals surface area contributed by atoms with Crippen molar-refractivity contribution in [3.8, 4) is 0 Å². The molecule has 108 valence electrons. The van der Waals surface area contributed by atoms with Gasteiger partial charge >= 0.3 is 6.09 Å². The van der Waals surface area contributed by atoms with Crippen molar-refractivity contribution in [1.29, 1.82) is 0 Å². The van der Waals surface area contributed by atoms with E-state index in [9.17, 15) is 20.0 Å². The third-order valence-electron chi connectivity index (χ3n) is 3.63. The molecule has 0 saturated carbocycles. The van der Waals surface area contributed by atoms with Crippen LogP contribution in [-0.4, -0.2) is 27.6 Å². The molecule has 1 aromatic carbocycles. The molecule has 1 atom stereocenters. The molecule has 1 heterocycles. The van der Waals surface area contributed by atoms with E-state index in [-0.39, 0.29) is 17.1 Å². The summed E-state index contributed by atoms with van der Waals surface area (Å²) in [5, 5.41) is 20.2. The number of carboxylic acid groups (broad SMARTS) is 1. The van der Waals surface area contributed by atoms with E-state index in [0.717, 1.165) is 11.1 Å². The van der Waals surface area contributed by atoms with Gasteiger partial charge in [-0.25, -0.2) is 4.79 Å². The highest BCUT2D eigenvalue weighted by Crippen LogP contribution is 2.42. The van der Waals surface area contributed by atoms with Crippen LogP contribution in [0.15, 0.2) is 18.2 Å². The number of benzene rings is 1. The minimum absolute atomic E-state index is 0.0557. The second-order valence-corrected chi connectivity index (χ2v) is 6.13. The normalized spacial score (nSPS) is 18.6. The Balaban J connectivity index is 2.53. The lowest BCUT2D eigenvalue weighted by Gasteiger charge is -2.42. The van der Waals surface area contributed by atoms with E-state index in [1.165, 1.54) is 11.0 Å². The van der Waals surface area contributed by atoms with Crippen LogP contribution in [0.3, 0.4) is 0 Å². The highest BCUT2D eigenvalue weighted by molar-refractivity contribution is 5.67. The van der Waals surface area contributed by atoms with Gasteiger partial charge in [-0.05, 0) is 29.0 Å². The number of nitro groups is 1. The quantitative estimate of drug-likeness (QED) is 0.631. The Labute approximate surface area is 117 Å². The Morgan fingerprint density at radius 3 is 2.60 bits per heavy atom. The lowest BCUT2D eigenvalue weighted by molar-refractivity contribution is -0.385. The van der Waals surface area contributed by atoms with Crippen LogP contribution in [0, 0.1) is 15.5 Å². The van der Waals surface area contributed by atoms with E-state index in [1.807, 2.05) is 20.8 Å². The summed E-state index contributed by atoms with van der Waals surface area (Å²) in [7, 11) is 0. The second kappa shape index (κ2) is 4.77. The summed E-state index contributed by atoms with van der Waals surface area (Å²) in [6, 6.07) is 4.42. The molecule has 1 unspecified atom stereocenters. The van der Waals surface area contributed by atoms with Crippen LogP contribution in [0.4, 0.5) is 10.5 Å². The number of rotatable bonds is 1. The minimum Gasteiger partial charge on any atom is -0.465 e. The third-order valence-corrected chi connectivity index (χ3v) is 3.63. The van der Waals surface area contributed by atoms with Gasteiger partial charge in [0.25, 0.3) is 5.69 Å². The number of hydrogen-bond acceptors (Lipinski definition) is 3. The van der Waals surface area contributed by atoms with E-state index in [4.69, 9.17) is 0 Å². The fraction of sp³-hybridized carbons (Fsp3) is 0.500. The van der Waals surface area contributed by atoms with E-state index in [2.05, 4.69) is 0 Å². The van der Waals surface area contributed by atoms with Gasteiger partial charge in [-0.1, -0.05) is 20.8 Å². The third kappa shape index (κ3) is 2.45. The van der Waals surface area contributed by atoms with Gasteiger partial charge in [0.1, 0.15) is 0 Å². The maximum absolute atomic E-state index is 11.4.